The standard InChI is InChI=1S/C16H21N3/c1-12(19(2)14-8-9-14)11-17-16-10-7-13-5-3-4-6-15(13)18-16/h3-7,10,12,14H,8-9,11H2,1-2H3,(H,17,18). The Kier molecular flexibility index (Phi) is 3.38. The lowest BCUT2D eigenvalue weighted by atomic mass is 10.2. The van der Waals surface area contributed by atoms with Crippen LogP contribution in [-0.2, 0) is 0 Å². The number of rotatable bonds is 5. The number of nitrogens with zero attached hydrogens (tertiary/aromatic N) is 2. The second-order valence-electron chi connectivity index (χ2n) is 5.52. The Balaban J connectivity index is 1.64. The molecular formula is C16H21N3. The van der Waals surface area contributed by atoms with Gasteiger partial charge in [0.15, 0.2) is 0 Å². The summed E-state index contributed by atoms with van der Waals surface area (Å²) in [5.41, 5.74) is 1.05. The minimum atomic E-state index is 0.542. The molecule has 0 bridgehead atoms. The van der Waals surface area contributed by atoms with Gasteiger partial charge in [-0.2, -0.15) is 0 Å². The zero-order valence-corrected chi connectivity index (χ0v) is 11.6. The highest BCUT2D eigenvalue weighted by Crippen LogP contribution is 2.27. The first kappa shape index (κ1) is 12.4. The second kappa shape index (κ2) is 5.17. The molecule has 0 amide bonds. The van der Waals surface area contributed by atoms with Crippen LogP contribution in [0.4, 0.5) is 5.82 Å². The summed E-state index contributed by atoms with van der Waals surface area (Å²) in [7, 11) is 2.22. The summed E-state index contributed by atoms with van der Waals surface area (Å²) in [4.78, 5) is 7.10. The first-order chi connectivity index (χ1) is 9.24. The van der Waals surface area contributed by atoms with Gasteiger partial charge in [0.25, 0.3) is 0 Å². The van der Waals surface area contributed by atoms with Gasteiger partial charge < -0.3 is 5.32 Å². The third-order valence-corrected chi connectivity index (χ3v) is 4.00. The molecular weight excluding hydrogens is 234 g/mol. The van der Waals surface area contributed by atoms with E-state index in [1.165, 1.54) is 18.2 Å². The molecule has 1 fully saturated rings. The van der Waals surface area contributed by atoms with E-state index in [-0.39, 0.29) is 0 Å². The topological polar surface area (TPSA) is 28.2 Å². The number of anilines is 1. The van der Waals surface area contributed by atoms with E-state index >= 15 is 0 Å². The third kappa shape index (κ3) is 2.87. The lowest BCUT2D eigenvalue weighted by Crippen LogP contribution is -2.36. The van der Waals surface area contributed by atoms with Crippen molar-refractivity contribution in [1.29, 1.82) is 0 Å². The van der Waals surface area contributed by atoms with E-state index in [1.54, 1.807) is 0 Å². The Morgan fingerprint density at radius 1 is 1.26 bits per heavy atom. The summed E-state index contributed by atoms with van der Waals surface area (Å²) in [6.45, 7) is 3.21. The SMILES string of the molecule is CC(CNc1ccc2ccccc2n1)N(C)C1CC1. The smallest absolute Gasteiger partial charge is 0.126 e. The Morgan fingerprint density at radius 3 is 2.84 bits per heavy atom. The van der Waals surface area contributed by atoms with Gasteiger partial charge in [0.1, 0.15) is 5.82 Å². The van der Waals surface area contributed by atoms with Crippen LogP contribution in [-0.4, -0.2) is 35.6 Å². The first-order valence-corrected chi connectivity index (χ1v) is 7.05. The molecule has 0 radical (unpaired) electrons. The Morgan fingerprint density at radius 2 is 2.05 bits per heavy atom. The molecule has 3 nitrogen and oxygen atoms in total. The molecule has 0 saturated heterocycles. The molecule has 19 heavy (non-hydrogen) atoms. The number of nitrogens with one attached hydrogen (secondary N) is 1. The van der Waals surface area contributed by atoms with E-state index in [0.717, 1.165) is 23.9 Å². The monoisotopic (exact) mass is 255 g/mol. The summed E-state index contributed by atoms with van der Waals surface area (Å²) in [6.07, 6.45) is 2.71. The van der Waals surface area contributed by atoms with Crippen LogP contribution in [0.15, 0.2) is 36.4 Å². The van der Waals surface area contributed by atoms with Gasteiger partial charge in [-0.25, -0.2) is 4.98 Å². The minimum Gasteiger partial charge on any atom is -0.368 e. The number of aromatic nitrogens is 1. The normalized spacial score (nSPS) is 16.8. The van der Waals surface area contributed by atoms with Crippen molar-refractivity contribution in [2.24, 2.45) is 0 Å². The third-order valence-electron chi connectivity index (χ3n) is 4.00. The summed E-state index contributed by atoms with van der Waals surface area (Å²) in [5.74, 6) is 0.967. The van der Waals surface area contributed by atoms with Crippen LogP contribution in [0.1, 0.15) is 19.8 Å². The second-order valence-corrected chi connectivity index (χ2v) is 5.52. The van der Waals surface area contributed by atoms with Crippen molar-refractivity contribution in [3.05, 3.63) is 36.4 Å². The molecule has 1 atom stereocenters. The van der Waals surface area contributed by atoms with Crippen LogP contribution in [0, 0.1) is 0 Å². The average Bonchev–Trinajstić information content (AvgIpc) is 3.28. The van der Waals surface area contributed by atoms with Crippen LogP contribution in [0.2, 0.25) is 0 Å². The molecule has 1 heterocycles. The Labute approximate surface area is 114 Å². The van der Waals surface area contributed by atoms with Crippen LogP contribution in [0.3, 0.4) is 0 Å². The van der Waals surface area contributed by atoms with Gasteiger partial charge in [0.2, 0.25) is 0 Å². The number of hydrogen-bond acceptors (Lipinski definition) is 3. The zero-order valence-electron chi connectivity index (χ0n) is 11.6. The quantitative estimate of drug-likeness (QED) is 0.889. The Hall–Kier alpha value is -1.61. The van der Waals surface area contributed by atoms with Gasteiger partial charge in [0.05, 0.1) is 5.52 Å². The zero-order chi connectivity index (χ0) is 13.2. The van der Waals surface area contributed by atoms with E-state index in [4.69, 9.17) is 0 Å². The van der Waals surface area contributed by atoms with E-state index in [1.807, 2.05) is 12.1 Å². The van der Waals surface area contributed by atoms with E-state index in [0.29, 0.717) is 6.04 Å². The van der Waals surface area contributed by atoms with Crippen molar-refractivity contribution in [3.63, 3.8) is 0 Å². The molecule has 3 heteroatoms. The van der Waals surface area contributed by atoms with Gasteiger partial charge >= 0.3 is 0 Å². The summed E-state index contributed by atoms with van der Waals surface area (Å²) < 4.78 is 0. The number of fused-ring (bicyclic) bond motifs is 1. The molecule has 1 saturated carbocycles. The van der Waals surface area contributed by atoms with Crippen LogP contribution in [0.5, 0.6) is 0 Å². The molecule has 1 N–H and O–H groups in total. The maximum absolute atomic E-state index is 4.64. The molecule has 0 spiro atoms. The summed E-state index contributed by atoms with van der Waals surface area (Å²) >= 11 is 0. The lowest BCUT2D eigenvalue weighted by Gasteiger charge is -2.24. The predicted octanol–water partition coefficient (Wildman–Crippen LogP) is 3.13. The fourth-order valence-corrected chi connectivity index (χ4v) is 2.40. The van der Waals surface area contributed by atoms with E-state index in [2.05, 4.69) is 53.4 Å². The number of likely N-dealkylation sites (N-methyl/N-ethyl adjacent to an activating group) is 1. The predicted molar refractivity (Wildman–Crippen MR) is 80.5 cm³/mol. The number of pyridine rings is 1. The van der Waals surface area contributed by atoms with Crippen molar-refractivity contribution in [2.45, 2.75) is 31.8 Å². The van der Waals surface area contributed by atoms with E-state index in [9.17, 15) is 0 Å². The maximum Gasteiger partial charge on any atom is 0.126 e. The molecule has 3 rings (SSSR count). The maximum atomic E-state index is 4.64. The number of hydrogen-bond donors (Lipinski definition) is 1. The summed E-state index contributed by atoms with van der Waals surface area (Å²) in [6, 6.07) is 13.8. The molecule has 1 unspecified atom stereocenters. The van der Waals surface area contributed by atoms with Gasteiger partial charge in [-0.1, -0.05) is 18.2 Å². The molecule has 1 aromatic heterocycles. The average molecular weight is 255 g/mol. The highest BCUT2D eigenvalue weighted by atomic mass is 15.2. The van der Waals surface area contributed by atoms with Gasteiger partial charge in [0, 0.05) is 24.0 Å². The van der Waals surface area contributed by atoms with Crippen LogP contribution in [0.25, 0.3) is 10.9 Å². The Bertz CT molecular complexity index is 563. The molecule has 1 aliphatic rings. The van der Waals surface area contributed by atoms with Gasteiger partial charge in [-0.15, -0.1) is 0 Å². The van der Waals surface area contributed by atoms with Crippen molar-refractivity contribution in [1.82, 2.24) is 9.88 Å². The molecule has 100 valence electrons. The van der Waals surface area contributed by atoms with Crippen molar-refractivity contribution in [3.8, 4) is 0 Å². The fourth-order valence-electron chi connectivity index (χ4n) is 2.40. The number of benzene rings is 1. The van der Waals surface area contributed by atoms with Gasteiger partial charge in [-0.3, -0.25) is 4.90 Å². The largest absolute Gasteiger partial charge is 0.368 e. The van der Waals surface area contributed by atoms with Crippen molar-refractivity contribution < 1.29 is 0 Å². The molecule has 2 aromatic rings. The highest BCUT2D eigenvalue weighted by molar-refractivity contribution is 5.80. The molecule has 0 aliphatic heterocycles. The highest BCUT2D eigenvalue weighted by Gasteiger charge is 2.28. The molecule has 1 aromatic carbocycles. The van der Waals surface area contributed by atoms with Gasteiger partial charge in [-0.05, 0) is 45.0 Å². The summed E-state index contributed by atoms with van der Waals surface area (Å²) in [5, 5.41) is 4.64. The van der Waals surface area contributed by atoms with Crippen molar-refractivity contribution in [2.75, 3.05) is 18.9 Å². The minimum absolute atomic E-state index is 0.542. The fraction of sp³-hybridized carbons (Fsp3) is 0.438. The lowest BCUT2D eigenvalue weighted by molar-refractivity contribution is 0.257. The first-order valence-electron chi connectivity index (χ1n) is 7.05. The van der Waals surface area contributed by atoms with E-state index < -0.39 is 0 Å². The molecule has 1 aliphatic carbocycles. The number of para-hydroxylation sites is 1. The van der Waals surface area contributed by atoms with Crippen LogP contribution < -0.4 is 5.32 Å². The van der Waals surface area contributed by atoms with Crippen molar-refractivity contribution >= 4 is 16.7 Å². The van der Waals surface area contributed by atoms with Crippen LogP contribution >= 0.6 is 0 Å².